The lowest BCUT2D eigenvalue weighted by Gasteiger charge is -2.20. The zero-order valence-electron chi connectivity index (χ0n) is 14.3. The second-order valence-corrected chi connectivity index (χ2v) is 6.18. The maximum atomic E-state index is 12.4. The molecule has 23 heavy (non-hydrogen) atoms. The molecule has 2 aromatic carbocycles. The molecule has 0 aliphatic rings. The van der Waals surface area contributed by atoms with Crippen LogP contribution in [-0.2, 0) is 4.79 Å². The van der Waals surface area contributed by atoms with Gasteiger partial charge in [-0.05, 0) is 37.7 Å². The molecule has 0 bridgehead atoms. The first-order valence-corrected chi connectivity index (χ1v) is 8.10. The van der Waals surface area contributed by atoms with Crippen molar-refractivity contribution < 1.29 is 4.79 Å². The largest absolute Gasteiger partial charge is 0.355 e. The average Bonchev–Trinajstić information content (AvgIpc) is 2.54. The van der Waals surface area contributed by atoms with E-state index in [1.165, 1.54) is 16.7 Å². The molecule has 0 fully saturated rings. The number of nitrogens with one attached hydrogen (secondary N) is 1. The number of amides is 1. The highest BCUT2D eigenvalue weighted by molar-refractivity contribution is 5.77. The van der Waals surface area contributed by atoms with Crippen LogP contribution in [0.5, 0.6) is 0 Å². The highest BCUT2D eigenvalue weighted by Gasteiger charge is 2.19. The van der Waals surface area contributed by atoms with Gasteiger partial charge in [-0.1, -0.05) is 54.6 Å². The van der Waals surface area contributed by atoms with Gasteiger partial charge in [-0.25, -0.2) is 0 Å². The molecule has 2 aromatic rings. The van der Waals surface area contributed by atoms with Crippen molar-refractivity contribution in [1.82, 2.24) is 10.2 Å². The fourth-order valence-electron chi connectivity index (χ4n) is 2.75. The third-order valence-corrected chi connectivity index (χ3v) is 4.04. The van der Waals surface area contributed by atoms with Crippen molar-refractivity contribution in [3.63, 3.8) is 0 Å². The number of likely N-dealkylation sites (N-methyl/N-ethyl adjacent to an activating group) is 1. The SMILES string of the molecule is Cc1ccccc1[C@H](CC(=O)NCCN(C)C)c1ccccc1. The lowest BCUT2D eigenvalue weighted by atomic mass is 9.86. The van der Waals surface area contributed by atoms with Crippen molar-refractivity contribution in [3.05, 3.63) is 71.3 Å². The summed E-state index contributed by atoms with van der Waals surface area (Å²) in [5.41, 5.74) is 3.63. The van der Waals surface area contributed by atoms with Crippen LogP contribution in [0.25, 0.3) is 0 Å². The first-order chi connectivity index (χ1) is 11.1. The van der Waals surface area contributed by atoms with E-state index >= 15 is 0 Å². The summed E-state index contributed by atoms with van der Waals surface area (Å²) in [4.78, 5) is 14.4. The Hall–Kier alpha value is -2.13. The summed E-state index contributed by atoms with van der Waals surface area (Å²) in [6.07, 6.45) is 0.474. The standard InChI is InChI=1S/C20H26N2O/c1-16-9-7-8-12-18(16)19(17-10-5-4-6-11-17)15-20(23)21-13-14-22(2)3/h4-12,19H,13-15H2,1-3H3,(H,21,23)/t19-/m1/s1. The van der Waals surface area contributed by atoms with Crippen LogP contribution in [-0.4, -0.2) is 38.0 Å². The van der Waals surface area contributed by atoms with Gasteiger partial charge in [0, 0.05) is 25.4 Å². The zero-order valence-corrected chi connectivity index (χ0v) is 14.3. The predicted octanol–water partition coefficient (Wildman–Crippen LogP) is 3.19. The molecule has 0 unspecified atom stereocenters. The van der Waals surface area contributed by atoms with Crippen molar-refractivity contribution in [3.8, 4) is 0 Å². The second kappa shape index (κ2) is 8.49. The number of rotatable bonds is 7. The monoisotopic (exact) mass is 310 g/mol. The van der Waals surface area contributed by atoms with Crippen molar-refractivity contribution in [2.45, 2.75) is 19.3 Å². The molecule has 1 N–H and O–H groups in total. The normalized spacial score (nSPS) is 12.2. The average molecular weight is 310 g/mol. The molecule has 2 rings (SSSR count). The Balaban J connectivity index is 2.15. The smallest absolute Gasteiger partial charge is 0.220 e. The lowest BCUT2D eigenvalue weighted by Crippen LogP contribution is -2.32. The van der Waals surface area contributed by atoms with Crippen LogP contribution in [0, 0.1) is 6.92 Å². The minimum absolute atomic E-state index is 0.0942. The molecule has 0 aliphatic heterocycles. The Labute approximate surface area is 139 Å². The third-order valence-electron chi connectivity index (χ3n) is 4.04. The molecule has 0 radical (unpaired) electrons. The molecule has 0 aromatic heterocycles. The Morgan fingerprint density at radius 1 is 1.04 bits per heavy atom. The minimum atomic E-state index is 0.0942. The Morgan fingerprint density at radius 3 is 2.35 bits per heavy atom. The molecular weight excluding hydrogens is 284 g/mol. The third kappa shape index (κ3) is 5.22. The van der Waals surface area contributed by atoms with E-state index in [2.05, 4.69) is 41.4 Å². The fourth-order valence-corrected chi connectivity index (χ4v) is 2.75. The minimum Gasteiger partial charge on any atom is -0.355 e. The van der Waals surface area contributed by atoms with Gasteiger partial charge in [0.15, 0.2) is 0 Å². The Kier molecular flexibility index (Phi) is 6.36. The van der Waals surface area contributed by atoms with E-state index in [0.717, 1.165) is 6.54 Å². The van der Waals surface area contributed by atoms with Crippen molar-refractivity contribution in [2.75, 3.05) is 27.2 Å². The number of carbonyl (C=O) groups is 1. The summed E-state index contributed by atoms with van der Waals surface area (Å²) < 4.78 is 0. The molecule has 3 nitrogen and oxygen atoms in total. The molecule has 122 valence electrons. The van der Waals surface area contributed by atoms with Gasteiger partial charge < -0.3 is 10.2 Å². The van der Waals surface area contributed by atoms with Gasteiger partial charge in [0.25, 0.3) is 0 Å². The van der Waals surface area contributed by atoms with Crippen molar-refractivity contribution >= 4 is 5.91 Å². The Morgan fingerprint density at radius 2 is 1.70 bits per heavy atom. The predicted molar refractivity (Wildman–Crippen MR) is 95.6 cm³/mol. The quantitative estimate of drug-likeness (QED) is 0.852. The van der Waals surface area contributed by atoms with Gasteiger partial charge in [-0.15, -0.1) is 0 Å². The van der Waals surface area contributed by atoms with Crippen LogP contribution in [0.1, 0.15) is 29.0 Å². The van der Waals surface area contributed by atoms with E-state index < -0.39 is 0 Å². The highest BCUT2D eigenvalue weighted by atomic mass is 16.1. The molecule has 0 saturated heterocycles. The van der Waals surface area contributed by atoms with E-state index in [0.29, 0.717) is 13.0 Å². The fraction of sp³-hybridized carbons (Fsp3) is 0.350. The van der Waals surface area contributed by atoms with Crippen LogP contribution < -0.4 is 5.32 Å². The van der Waals surface area contributed by atoms with E-state index in [9.17, 15) is 4.79 Å². The van der Waals surface area contributed by atoms with Gasteiger partial charge >= 0.3 is 0 Å². The van der Waals surface area contributed by atoms with Gasteiger partial charge in [0.2, 0.25) is 5.91 Å². The van der Waals surface area contributed by atoms with E-state index in [-0.39, 0.29) is 11.8 Å². The van der Waals surface area contributed by atoms with Crippen LogP contribution in [0.4, 0.5) is 0 Å². The Bertz CT molecular complexity index is 623. The van der Waals surface area contributed by atoms with Crippen LogP contribution in [0.3, 0.4) is 0 Å². The maximum absolute atomic E-state index is 12.4. The molecule has 3 heteroatoms. The molecule has 0 heterocycles. The summed E-state index contributed by atoms with van der Waals surface area (Å²) in [7, 11) is 4.01. The molecule has 1 amide bonds. The van der Waals surface area contributed by atoms with Gasteiger partial charge in [-0.3, -0.25) is 4.79 Å². The molecule has 0 aliphatic carbocycles. The maximum Gasteiger partial charge on any atom is 0.220 e. The number of benzene rings is 2. The summed E-state index contributed by atoms with van der Waals surface area (Å²) in [6.45, 7) is 3.64. The number of aryl methyl sites for hydroxylation is 1. The first-order valence-electron chi connectivity index (χ1n) is 8.10. The van der Waals surface area contributed by atoms with Crippen LogP contribution in [0.2, 0.25) is 0 Å². The lowest BCUT2D eigenvalue weighted by molar-refractivity contribution is -0.121. The van der Waals surface area contributed by atoms with E-state index in [1.54, 1.807) is 0 Å². The van der Waals surface area contributed by atoms with Gasteiger partial charge in [0.1, 0.15) is 0 Å². The molecule has 0 saturated carbocycles. The number of carbonyl (C=O) groups excluding carboxylic acids is 1. The number of hydrogen-bond acceptors (Lipinski definition) is 2. The topological polar surface area (TPSA) is 32.3 Å². The van der Waals surface area contributed by atoms with Crippen LogP contribution >= 0.6 is 0 Å². The second-order valence-electron chi connectivity index (χ2n) is 6.18. The van der Waals surface area contributed by atoms with Crippen molar-refractivity contribution in [1.29, 1.82) is 0 Å². The zero-order chi connectivity index (χ0) is 16.7. The molecular formula is C20H26N2O. The summed E-state index contributed by atoms with van der Waals surface area (Å²) >= 11 is 0. The van der Waals surface area contributed by atoms with E-state index in [1.807, 2.05) is 44.4 Å². The van der Waals surface area contributed by atoms with Crippen molar-refractivity contribution in [2.24, 2.45) is 0 Å². The van der Waals surface area contributed by atoms with E-state index in [4.69, 9.17) is 0 Å². The summed E-state index contributed by atoms with van der Waals surface area (Å²) in [6, 6.07) is 18.6. The molecule has 0 spiro atoms. The van der Waals surface area contributed by atoms with Gasteiger partial charge in [0.05, 0.1) is 0 Å². The van der Waals surface area contributed by atoms with Crippen LogP contribution in [0.15, 0.2) is 54.6 Å². The number of hydrogen-bond donors (Lipinski definition) is 1. The highest BCUT2D eigenvalue weighted by Crippen LogP contribution is 2.30. The summed E-state index contributed by atoms with van der Waals surface area (Å²) in [5, 5.41) is 3.02. The summed E-state index contributed by atoms with van der Waals surface area (Å²) in [5.74, 6) is 0.195. The van der Waals surface area contributed by atoms with Gasteiger partial charge in [-0.2, -0.15) is 0 Å². The molecule has 1 atom stereocenters. The first kappa shape index (κ1) is 17.2. The number of nitrogens with zero attached hydrogens (tertiary/aromatic N) is 1.